The van der Waals surface area contributed by atoms with Gasteiger partial charge in [-0.25, -0.2) is 4.39 Å². The predicted octanol–water partition coefficient (Wildman–Crippen LogP) is 4.64. The Morgan fingerprint density at radius 2 is 1.84 bits per heavy atom. The minimum absolute atomic E-state index is 0.142. The number of likely N-dealkylation sites (N-methyl/N-ethyl adjacent to an activating group) is 1. The van der Waals surface area contributed by atoms with Crippen LogP contribution in [0.1, 0.15) is 17.2 Å². The van der Waals surface area contributed by atoms with E-state index >= 15 is 0 Å². The van der Waals surface area contributed by atoms with Crippen molar-refractivity contribution in [3.05, 3.63) is 69.5 Å². The molecule has 0 saturated heterocycles. The van der Waals surface area contributed by atoms with Gasteiger partial charge in [0.25, 0.3) is 0 Å². The summed E-state index contributed by atoms with van der Waals surface area (Å²) in [5.41, 5.74) is 1.53. The molecular formula is C15H14Cl2FN. The largest absolute Gasteiger partial charge is 0.313 e. The first-order valence-corrected chi connectivity index (χ1v) is 6.73. The van der Waals surface area contributed by atoms with Gasteiger partial charge in [-0.2, -0.15) is 0 Å². The van der Waals surface area contributed by atoms with Gasteiger partial charge in [0.15, 0.2) is 0 Å². The summed E-state index contributed by atoms with van der Waals surface area (Å²) >= 11 is 12.2. The summed E-state index contributed by atoms with van der Waals surface area (Å²) in [6.07, 6.45) is 0.580. The fourth-order valence-corrected chi connectivity index (χ4v) is 2.45. The Bertz CT molecular complexity index is 572. The van der Waals surface area contributed by atoms with Crippen molar-refractivity contribution in [2.45, 2.75) is 12.5 Å². The third kappa shape index (κ3) is 3.27. The molecule has 1 atom stereocenters. The summed E-state index contributed by atoms with van der Waals surface area (Å²) in [7, 11) is 1.80. The van der Waals surface area contributed by atoms with Gasteiger partial charge >= 0.3 is 0 Å². The van der Waals surface area contributed by atoms with Crippen molar-refractivity contribution in [3.63, 3.8) is 0 Å². The van der Waals surface area contributed by atoms with Crippen LogP contribution in [0.25, 0.3) is 0 Å². The molecule has 0 spiro atoms. The molecule has 4 heteroatoms. The topological polar surface area (TPSA) is 12.0 Å². The first-order chi connectivity index (χ1) is 9.13. The van der Waals surface area contributed by atoms with Gasteiger partial charge in [-0.1, -0.05) is 53.5 Å². The summed E-state index contributed by atoms with van der Waals surface area (Å²) < 4.78 is 13.8. The molecule has 0 fully saturated rings. The van der Waals surface area contributed by atoms with Crippen LogP contribution in [0.3, 0.4) is 0 Å². The van der Waals surface area contributed by atoms with E-state index in [0.29, 0.717) is 22.0 Å². The number of halogens is 3. The van der Waals surface area contributed by atoms with E-state index in [1.807, 2.05) is 18.2 Å². The average molecular weight is 298 g/mol. The fraction of sp³-hybridized carbons (Fsp3) is 0.200. The second-order valence-corrected chi connectivity index (χ2v) is 5.07. The van der Waals surface area contributed by atoms with Crippen LogP contribution in [0.2, 0.25) is 10.0 Å². The van der Waals surface area contributed by atoms with Crippen LogP contribution in [0.4, 0.5) is 4.39 Å². The van der Waals surface area contributed by atoms with Gasteiger partial charge in [0, 0.05) is 11.6 Å². The standard InChI is InChI=1S/C15H14Cl2FN/c1-19-14(11-6-2-3-8-13(11)18)9-10-5-4-7-12(16)15(10)17/h2-8,14,19H,9H2,1H3. The zero-order valence-electron chi connectivity index (χ0n) is 10.5. The van der Waals surface area contributed by atoms with Crippen molar-refractivity contribution in [1.82, 2.24) is 5.32 Å². The molecule has 0 amide bonds. The highest BCUT2D eigenvalue weighted by Gasteiger charge is 2.16. The Balaban J connectivity index is 2.30. The van der Waals surface area contributed by atoms with Crippen LogP contribution in [0.5, 0.6) is 0 Å². The van der Waals surface area contributed by atoms with Gasteiger partial charge in [0.2, 0.25) is 0 Å². The number of hydrogen-bond donors (Lipinski definition) is 1. The normalized spacial score (nSPS) is 12.4. The Morgan fingerprint density at radius 3 is 2.53 bits per heavy atom. The molecule has 19 heavy (non-hydrogen) atoms. The molecule has 0 aromatic heterocycles. The van der Waals surface area contributed by atoms with Gasteiger partial charge in [-0.3, -0.25) is 0 Å². The van der Waals surface area contributed by atoms with Gasteiger partial charge in [0.05, 0.1) is 10.0 Å². The van der Waals surface area contributed by atoms with E-state index in [4.69, 9.17) is 23.2 Å². The second-order valence-electron chi connectivity index (χ2n) is 4.28. The van der Waals surface area contributed by atoms with Crippen molar-refractivity contribution in [1.29, 1.82) is 0 Å². The summed E-state index contributed by atoms with van der Waals surface area (Å²) in [4.78, 5) is 0. The van der Waals surface area contributed by atoms with E-state index in [9.17, 15) is 4.39 Å². The molecular weight excluding hydrogens is 284 g/mol. The smallest absolute Gasteiger partial charge is 0.127 e. The van der Waals surface area contributed by atoms with E-state index < -0.39 is 0 Å². The lowest BCUT2D eigenvalue weighted by atomic mass is 9.98. The van der Waals surface area contributed by atoms with Crippen LogP contribution >= 0.6 is 23.2 Å². The SMILES string of the molecule is CNC(Cc1cccc(Cl)c1Cl)c1ccccc1F. The van der Waals surface area contributed by atoms with Crippen molar-refractivity contribution >= 4 is 23.2 Å². The Kier molecular flexibility index (Phi) is 4.81. The molecule has 0 radical (unpaired) electrons. The monoisotopic (exact) mass is 297 g/mol. The molecule has 0 aliphatic rings. The van der Waals surface area contributed by atoms with Crippen LogP contribution in [-0.4, -0.2) is 7.05 Å². The van der Waals surface area contributed by atoms with E-state index in [2.05, 4.69) is 5.32 Å². The summed E-state index contributed by atoms with van der Waals surface area (Å²) in [6.45, 7) is 0. The highest BCUT2D eigenvalue weighted by Crippen LogP contribution is 2.29. The predicted molar refractivity (Wildman–Crippen MR) is 78.4 cm³/mol. The number of nitrogens with one attached hydrogen (secondary N) is 1. The zero-order valence-corrected chi connectivity index (χ0v) is 12.0. The third-order valence-electron chi connectivity index (χ3n) is 3.08. The molecule has 2 aromatic carbocycles. The van der Waals surface area contributed by atoms with Crippen LogP contribution in [0.15, 0.2) is 42.5 Å². The third-order valence-corrected chi connectivity index (χ3v) is 3.94. The van der Waals surface area contributed by atoms with Gasteiger partial charge < -0.3 is 5.32 Å². The first-order valence-electron chi connectivity index (χ1n) is 5.98. The summed E-state index contributed by atoms with van der Waals surface area (Å²) in [5.74, 6) is -0.222. The molecule has 0 aliphatic carbocycles. The number of benzene rings is 2. The fourth-order valence-electron chi connectivity index (χ4n) is 2.05. The zero-order chi connectivity index (χ0) is 13.8. The van der Waals surface area contributed by atoms with E-state index in [0.717, 1.165) is 5.56 Å². The van der Waals surface area contributed by atoms with Crippen LogP contribution in [-0.2, 0) is 6.42 Å². The van der Waals surface area contributed by atoms with Gasteiger partial charge in [-0.15, -0.1) is 0 Å². The summed E-state index contributed by atoms with van der Waals surface area (Å²) in [5, 5.41) is 4.16. The lowest BCUT2D eigenvalue weighted by Crippen LogP contribution is -2.20. The first kappa shape index (κ1) is 14.3. The Hall–Kier alpha value is -1.09. The van der Waals surface area contributed by atoms with Gasteiger partial charge in [-0.05, 0) is 31.2 Å². The van der Waals surface area contributed by atoms with Crippen molar-refractivity contribution in [3.8, 4) is 0 Å². The molecule has 1 N–H and O–H groups in total. The molecule has 1 nitrogen and oxygen atoms in total. The highest BCUT2D eigenvalue weighted by molar-refractivity contribution is 6.42. The van der Waals surface area contributed by atoms with E-state index in [1.54, 1.807) is 25.2 Å². The minimum Gasteiger partial charge on any atom is -0.313 e. The lowest BCUT2D eigenvalue weighted by molar-refractivity contribution is 0.534. The average Bonchev–Trinajstić information content (AvgIpc) is 2.41. The molecule has 100 valence electrons. The Labute approximate surface area is 122 Å². The molecule has 0 heterocycles. The van der Waals surface area contributed by atoms with Crippen LogP contribution < -0.4 is 5.32 Å². The second kappa shape index (κ2) is 6.38. The molecule has 0 saturated carbocycles. The number of hydrogen-bond acceptors (Lipinski definition) is 1. The van der Waals surface area contributed by atoms with Crippen molar-refractivity contribution < 1.29 is 4.39 Å². The van der Waals surface area contributed by atoms with E-state index in [1.165, 1.54) is 6.07 Å². The van der Waals surface area contributed by atoms with Crippen LogP contribution in [0, 0.1) is 5.82 Å². The molecule has 0 aliphatic heterocycles. The maximum Gasteiger partial charge on any atom is 0.127 e. The van der Waals surface area contributed by atoms with Crippen molar-refractivity contribution in [2.24, 2.45) is 0 Å². The highest BCUT2D eigenvalue weighted by atomic mass is 35.5. The quantitative estimate of drug-likeness (QED) is 0.867. The lowest BCUT2D eigenvalue weighted by Gasteiger charge is -2.18. The minimum atomic E-state index is -0.222. The molecule has 2 rings (SSSR count). The van der Waals surface area contributed by atoms with E-state index in [-0.39, 0.29) is 11.9 Å². The van der Waals surface area contributed by atoms with Crippen molar-refractivity contribution in [2.75, 3.05) is 7.05 Å². The van der Waals surface area contributed by atoms with Gasteiger partial charge in [0.1, 0.15) is 5.82 Å². The molecule has 2 aromatic rings. The number of rotatable bonds is 4. The molecule has 0 bridgehead atoms. The summed E-state index contributed by atoms with van der Waals surface area (Å²) in [6, 6.07) is 12.1. The maximum absolute atomic E-state index is 13.8. The molecule has 1 unspecified atom stereocenters. The Morgan fingerprint density at radius 1 is 1.11 bits per heavy atom. The maximum atomic E-state index is 13.8.